The predicted molar refractivity (Wildman–Crippen MR) is 113 cm³/mol. The molecule has 0 aromatic rings. The number of unbranched alkanes of at least 4 members (excludes halogenated alkanes) is 8. The van der Waals surface area contributed by atoms with E-state index in [1.165, 1.54) is 25.7 Å². The van der Waals surface area contributed by atoms with Crippen LogP contribution in [0.15, 0.2) is 0 Å². The molecule has 0 radical (unpaired) electrons. The third-order valence-electron chi connectivity index (χ3n) is 4.71. The van der Waals surface area contributed by atoms with E-state index in [0.29, 0.717) is 6.42 Å². The molecule has 170 valence electrons. The maximum Gasteiger partial charge on any atom is 0.320 e. The minimum absolute atomic E-state index is 0.0196. The van der Waals surface area contributed by atoms with Crippen LogP contribution in [0.25, 0.3) is 0 Å². The Morgan fingerprint density at radius 2 is 1.07 bits per heavy atom. The van der Waals surface area contributed by atoms with Crippen molar-refractivity contribution in [3.63, 3.8) is 0 Å². The van der Waals surface area contributed by atoms with Crippen LogP contribution < -0.4 is 0 Å². The van der Waals surface area contributed by atoms with Gasteiger partial charge in [0.1, 0.15) is 0 Å². The van der Waals surface area contributed by atoms with Crippen LogP contribution in [0.4, 0.5) is 0 Å². The predicted octanol–water partition coefficient (Wildman–Crippen LogP) is 5.36. The second-order valence-corrected chi connectivity index (χ2v) is 7.48. The van der Waals surface area contributed by atoms with E-state index in [4.69, 9.17) is 14.2 Å². The first-order chi connectivity index (χ1) is 14.1. The zero-order valence-electron chi connectivity index (χ0n) is 18.8. The Bertz CT molecular complexity index is 413. The van der Waals surface area contributed by atoms with Gasteiger partial charge in [0.15, 0.2) is 5.92 Å². The van der Waals surface area contributed by atoms with Crippen molar-refractivity contribution in [1.29, 1.82) is 0 Å². The maximum atomic E-state index is 12.2. The van der Waals surface area contributed by atoms with Gasteiger partial charge < -0.3 is 14.2 Å². The maximum absolute atomic E-state index is 12.2. The molecule has 0 bridgehead atoms. The molecule has 0 saturated carbocycles. The van der Waals surface area contributed by atoms with Crippen molar-refractivity contribution >= 4 is 17.9 Å². The van der Waals surface area contributed by atoms with Crippen LogP contribution in [0.1, 0.15) is 104 Å². The van der Waals surface area contributed by atoms with E-state index in [1.807, 2.05) is 13.8 Å². The van der Waals surface area contributed by atoms with Crippen molar-refractivity contribution in [3.8, 4) is 0 Å². The minimum Gasteiger partial charge on any atom is -0.466 e. The monoisotopic (exact) mass is 414 g/mol. The normalized spacial score (nSPS) is 10.8. The number of esters is 3. The highest BCUT2D eigenvalue weighted by Crippen LogP contribution is 2.12. The van der Waals surface area contributed by atoms with Crippen LogP contribution in [0.2, 0.25) is 0 Å². The first-order valence-electron chi connectivity index (χ1n) is 11.6. The van der Waals surface area contributed by atoms with E-state index in [9.17, 15) is 14.4 Å². The van der Waals surface area contributed by atoms with Gasteiger partial charge in [0.05, 0.1) is 19.8 Å². The highest BCUT2D eigenvalue weighted by molar-refractivity contribution is 5.94. The van der Waals surface area contributed by atoms with Gasteiger partial charge in [-0.15, -0.1) is 0 Å². The Kier molecular flexibility index (Phi) is 18.6. The van der Waals surface area contributed by atoms with Gasteiger partial charge in [-0.2, -0.15) is 0 Å². The van der Waals surface area contributed by atoms with Crippen molar-refractivity contribution in [2.45, 2.75) is 104 Å². The smallest absolute Gasteiger partial charge is 0.320 e. The Balaban J connectivity index is 4.19. The zero-order chi connectivity index (χ0) is 21.7. The van der Waals surface area contributed by atoms with Gasteiger partial charge in [0.2, 0.25) is 0 Å². The van der Waals surface area contributed by atoms with Crippen LogP contribution in [0.5, 0.6) is 0 Å². The van der Waals surface area contributed by atoms with Gasteiger partial charge >= 0.3 is 17.9 Å². The van der Waals surface area contributed by atoms with Crippen molar-refractivity contribution in [1.82, 2.24) is 0 Å². The molecule has 0 amide bonds. The lowest BCUT2D eigenvalue weighted by molar-refractivity contribution is -0.164. The molecule has 0 rings (SSSR count). The number of hydrogen-bond acceptors (Lipinski definition) is 6. The molecule has 0 aromatic carbocycles. The van der Waals surface area contributed by atoms with Crippen LogP contribution in [0.3, 0.4) is 0 Å². The van der Waals surface area contributed by atoms with Crippen molar-refractivity contribution in [2.75, 3.05) is 19.8 Å². The lowest BCUT2D eigenvalue weighted by Gasteiger charge is -2.15. The van der Waals surface area contributed by atoms with Crippen LogP contribution >= 0.6 is 0 Å². The van der Waals surface area contributed by atoms with E-state index in [0.717, 1.165) is 44.9 Å². The number of carbonyl (C=O) groups excluding carboxylic acids is 3. The summed E-state index contributed by atoms with van der Waals surface area (Å²) in [7, 11) is 0. The SMILES string of the molecule is CCCCCCCCCC(=O)OCCC(C(=O)OCCCC)C(=O)OCCCC. The summed E-state index contributed by atoms with van der Waals surface area (Å²) in [4.78, 5) is 36.3. The lowest BCUT2D eigenvalue weighted by atomic mass is 10.1. The highest BCUT2D eigenvalue weighted by atomic mass is 16.6. The molecule has 0 N–H and O–H groups in total. The Morgan fingerprint density at radius 3 is 1.59 bits per heavy atom. The molecule has 0 aliphatic carbocycles. The molecule has 0 aromatic heterocycles. The summed E-state index contributed by atoms with van der Waals surface area (Å²) in [6.45, 7) is 6.77. The van der Waals surface area contributed by atoms with E-state index in [2.05, 4.69) is 6.92 Å². The molecule has 0 atom stereocenters. The molecule has 6 heteroatoms. The Morgan fingerprint density at radius 1 is 0.586 bits per heavy atom. The van der Waals surface area contributed by atoms with Gasteiger partial charge in [-0.1, -0.05) is 72.1 Å². The fourth-order valence-corrected chi connectivity index (χ4v) is 2.76. The molecule has 6 nitrogen and oxygen atoms in total. The summed E-state index contributed by atoms with van der Waals surface area (Å²) in [5, 5.41) is 0. The average molecular weight is 415 g/mol. The Hall–Kier alpha value is -1.59. The lowest BCUT2D eigenvalue weighted by Crippen LogP contribution is -2.30. The average Bonchev–Trinajstić information content (AvgIpc) is 2.70. The van der Waals surface area contributed by atoms with Gasteiger partial charge in [-0.25, -0.2) is 0 Å². The summed E-state index contributed by atoms with van der Waals surface area (Å²) >= 11 is 0. The zero-order valence-corrected chi connectivity index (χ0v) is 18.8. The third-order valence-corrected chi connectivity index (χ3v) is 4.71. The van der Waals surface area contributed by atoms with Crippen molar-refractivity contribution < 1.29 is 28.6 Å². The first kappa shape index (κ1) is 27.4. The molecule has 29 heavy (non-hydrogen) atoms. The van der Waals surface area contributed by atoms with E-state index < -0.39 is 17.9 Å². The quantitative estimate of drug-likeness (QED) is 0.122. The first-order valence-corrected chi connectivity index (χ1v) is 11.6. The highest BCUT2D eigenvalue weighted by Gasteiger charge is 2.30. The number of carbonyl (C=O) groups is 3. The summed E-state index contributed by atoms with van der Waals surface area (Å²) in [6, 6.07) is 0. The molecule has 0 aliphatic rings. The van der Waals surface area contributed by atoms with Gasteiger partial charge in [0.25, 0.3) is 0 Å². The summed E-state index contributed by atoms with van der Waals surface area (Å²) in [6.07, 6.45) is 11.7. The van der Waals surface area contributed by atoms with E-state index in [-0.39, 0.29) is 32.2 Å². The largest absolute Gasteiger partial charge is 0.466 e. The molecule has 0 heterocycles. The number of ether oxygens (including phenoxy) is 3. The van der Waals surface area contributed by atoms with E-state index >= 15 is 0 Å². The minimum atomic E-state index is -1.03. The number of rotatable bonds is 19. The molecule has 0 aliphatic heterocycles. The van der Waals surface area contributed by atoms with E-state index in [1.54, 1.807) is 0 Å². The van der Waals surface area contributed by atoms with Crippen molar-refractivity contribution in [3.05, 3.63) is 0 Å². The summed E-state index contributed by atoms with van der Waals surface area (Å²) < 4.78 is 15.6. The summed E-state index contributed by atoms with van der Waals surface area (Å²) in [5.41, 5.74) is 0. The standard InChI is InChI=1S/C23H42O6/c1-4-7-10-11-12-13-14-15-21(24)27-19-16-20(22(25)28-17-8-5-2)23(26)29-18-9-6-3/h20H,4-19H2,1-3H3. The molecule has 0 saturated heterocycles. The van der Waals surface area contributed by atoms with Crippen LogP contribution in [-0.2, 0) is 28.6 Å². The third kappa shape index (κ3) is 16.0. The fraction of sp³-hybridized carbons (Fsp3) is 0.870. The molecule has 0 fully saturated rings. The Labute approximate surface area is 177 Å². The topological polar surface area (TPSA) is 78.9 Å². The van der Waals surface area contributed by atoms with Gasteiger partial charge in [-0.05, 0) is 19.3 Å². The second kappa shape index (κ2) is 19.7. The van der Waals surface area contributed by atoms with Crippen molar-refractivity contribution in [2.24, 2.45) is 5.92 Å². The molecule has 0 spiro atoms. The molecular weight excluding hydrogens is 372 g/mol. The molecular formula is C23H42O6. The van der Waals surface area contributed by atoms with Crippen LogP contribution in [0, 0.1) is 5.92 Å². The van der Waals surface area contributed by atoms with Gasteiger partial charge in [0, 0.05) is 12.8 Å². The second-order valence-electron chi connectivity index (χ2n) is 7.48. The number of hydrogen-bond donors (Lipinski definition) is 0. The summed E-state index contributed by atoms with van der Waals surface area (Å²) in [5.74, 6) is -2.50. The van der Waals surface area contributed by atoms with Gasteiger partial charge in [-0.3, -0.25) is 14.4 Å². The van der Waals surface area contributed by atoms with Crippen LogP contribution in [-0.4, -0.2) is 37.7 Å². The fourth-order valence-electron chi connectivity index (χ4n) is 2.76. The molecule has 0 unspecified atom stereocenters.